The van der Waals surface area contributed by atoms with E-state index in [1.54, 1.807) is 18.6 Å². The molecule has 7 nitrogen and oxygen atoms in total. The second-order valence-corrected chi connectivity index (χ2v) is 5.97. The highest BCUT2D eigenvalue weighted by molar-refractivity contribution is 5.83. The molecule has 4 heterocycles. The molecule has 0 fully saturated rings. The van der Waals surface area contributed by atoms with Crippen LogP contribution < -0.4 is 5.73 Å². The van der Waals surface area contributed by atoms with E-state index in [1.165, 1.54) is 6.39 Å². The number of anilines is 1. The number of pyridine rings is 2. The summed E-state index contributed by atoms with van der Waals surface area (Å²) in [6.45, 7) is 0. The van der Waals surface area contributed by atoms with Gasteiger partial charge >= 0.3 is 0 Å². The number of oxazole rings is 1. The minimum atomic E-state index is 0.417. The van der Waals surface area contributed by atoms with Crippen molar-refractivity contribution in [2.24, 2.45) is 0 Å². The van der Waals surface area contributed by atoms with Crippen molar-refractivity contribution in [2.75, 3.05) is 5.73 Å². The largest absolute Gasteiger partial charge is 0.444 e. The first kappa shape index (κ1) is 15.3. The van der Waals surface area contributed by atoms with E-state index in [0.29, 0.717) is 17.4 Å². The van der Waals surface area contributed by atoms with Gasteiger partial charge in [0.1, 0.15) is 11.3 Å². The lowest BCUT2D eigenvalue weighted by Crippen LogP contribution is -2.02. The minimum absolute atomic E-state index is 0.417. The molecule has 5 rings (SSSR count). The minimum Gasteiger partial charge on any atom is -0.444 e. The first-order valence-electron chi connectivity index (χ1n) is 8.35. The van der Waals surface area contributed by atoms with Crippen LogP contribution in [-0.4, -0.2) is 24.5 Å². The van der Waals surface area contributed by atoms with Crippen molar-refractivity contribution in [1.82, 2.24) is 24.5 Å². The molecule has 1 aromatic carbocycles. The fourth-order valence-corrected chi connectivity index (χ4v) is 3.10. The third kappa shape index (κ3) is 2.53. The Morgan fingerprint density at radius 2 is 1.85 bits per heavy atom. The number of aromatic nitrogens is 5. The lowest BCUT2D eigenvalue weighted by molar-refractivity contribution is 0.572. The molecule has 7 heteroatoms. The van der Waals surface area contributed by atoms with Crippen LogP contribution in [0.2, 0.25) is 0 Å². The van der Waals surface area contributed by atoms with Gasteiger partial charge in [0.15, 0.2) is 23.6 Å². The second-order valence-electron chi connectivity index (χ2n) is 5.97. The summed E-state index contributed by atoms with van der Waals surface area (Å²) in [6.07, 6.45) is 6.51. The summed E-state index contributed by atoms with van der Waals surface area (Å²) in [6, 6.07) is 15.5. The molecule has 0 radical (unpaired) electrons. The van der Waals surface area contributed by atoms with E-state index < -0.39 is 0 Å². The molecule has 0 atom stereocenters. The zero-order valence-electron chi connectivity index (χ0n) is 14.1. The van der Waals surface area contributed by atoms with Gasteiger partial charge in [0, 0.05) is 23.6 Å². The molecule has 5 aromatic rings. The maximum Gasteiger partial charge on any atom is 0.181 e. The van der Waals surface area contributed by atoms with Gasteiger partial charge in [-0.1, -0.05) is 12.1 Å². The number of fused-ring (bicyclic) bond motifs is 1. The smallest absolute Gasteiger partial charge is 0.181 e. The molecule has 0 spiro atoms. The van der Waals surface area contributed by atoms with Crippen LogP contribution >= 0.6 is 0 Å². The summed E-state index contributed by atoms with van der Waals surface area (Å²) in [4.78, 5) is 17.5. The molecule has 4 aromatic heterocycles. The topological polar surface area (TPSA) is 95.7 Å². The third-order valence-corrected chi connectivity index (χ3v) is 4.32. The van der Waals surface area contributed by atoms with Crippen LogP contribution in [0.5, 0.6) is 0 Å². The molecule has 0 amide bonds. The highest BCUT2D eigenvalue weighted by Gasteiger charge is 2.18. The number of hydrogen-bond acceptors (Lipinski definition) is 6. The Morgan fingerprint density at radius 1 is 0.963 bits per heavy atom. The van der Waals surface area contributed by atoms with Crippen LogP contribution in [-0.2, 0) is 0 Å². The fourth-order valence-electron chi connectivity index (χ4n) is 3.10. The van der Waals surface area contributed by atoms with E-state index in [0.717, 1.165) is 28.0 Å². The van der Waals surface area contributed by atoms with E-state index in [-0.39, 0.29) is 0 Å². The maximum absolute atomic E-state index is 6.12. The molecule has 2 N–H and O–H groups in total. The third-order valence-electron chi connectivity index (χ3n) is 4.32. The molecule has 0 saturated heterocycles. The summed E-state index contributed by atoms with van der Waals surface area (Å²) in [5.41, 5.74) is 10.2. The molecule has 27 heavy (non-hydrogen) atoms. The van der Waals surface area contributed by atoms with E-state index in [2.05, 4.69) is 15.0 Å². The molecule has 0 aliphatic heterocycles. The quantitative estimate of drug-likeness (QED) is 0.530. The average Bonchev–Trinajstić information content (AvgIpc) is 3.36. The summed E-state index contributed by atoms with van der Waals surface area (Å²) in [7, 11) is 0. The highest BCUT2D eigenvalue weighted by atomic mass is 16.3. The zero-order chi connectivity index (χ0) is 18.2. The Hall–Kier alpha value is -4.00. The van der Waals surface area contributed by atoms with Crippen molar-refractivity contribution in [1.29, 1.82) is 0 Å². The van der Waals surface area contributed by atoms with E-state index in [1.807, 2.05) is 53.1 Å². The average molecular weight is 354 g/mol. The molecule has 130 valence electrons. The van der Waals surface area contributed by atoms with Crippen LogP contribution in [0.15, 0.2) is 77.9 Å². The van der Waals surface area contributed by atoms with Crippen molar-refractivity contribution >= 4 is 17.0 Å². The standard InChI is InChI=1S/C20H14N6O/c21-18-15(6-2-8-23-18)19-25-16-7-3-9-24-20(16)26(19)14-5-1-4-13(10-14)17-11-22-12-27-17/h1-12H,(H2,21,23). The van der Waals surface area contributed by atoms with Gasteiger partial charge in [-0.15, -0.1) is 0 Å². The summed E-state index contributed by atoms with van der Waals surface area (Å²) >= 11 is 0. The fraction of sp³-hybridized carbons (Fsp3) is 0. The summed E-state index contributed by atoms with van der Waals surface area (Å²) < 4.78 is 7.41. The van der Waals surface area contributed by atoms with E-state index in [9.17, 15) is 0 Å². The highest BCUT2D eigenvalue weighted by Crippen LogP contribution is 2.31. The summed E-state index contributed by atoms with van der Waals surface area (Å²) in [5.74, 6) is 1.79. The number of rotatable bonds is 3. The van der Waals surface area contributed by atoms with Gasteiger partial charge in [0.05, 0.1) is 11.8 Å². The second kappa shape index (κ2) is 6.06. The Labute approximate surface area is 154 Å². The van der Waals surface area contributed by atoms with Gasteiger partial charge in [-0.3, -0.25) is 4.57 Å². The molecule has 0 bridgehead atoms. The maximum atomic E-state index is 6.12. The van der Waals surface area contributed by atoms with Gasteiger partial charge in [-0.2, -0.15) is 0 Å². The van der Waals surface area contributed by atoms with Crippen LogP contribution in [0.25, 0.3) is 39.6 Å². The molecular weight excluding hydrogens is 340 g/mol. The van der Waals surface area contributed by atoms with Crippen molar-refractivity contribution in [3.63, 3.8) is 0 Å². The monoisotopic (exact) mass is 354 g/mol. The van der Waals surface area contributed by atoms with Crippen molar-refractivity contribution in [3.05, 3.63) is 73.5 Å². The number of nitrogens with two attached hydrogens (primary N) is 1. The lowest BCUT2D eigenvalue weighted by atomic mass is 10.1. The van der Waals surface area contributed by atoms with Gasteiger partial charge in [0.25, 0.3) is 0 Å². The number of hydrogen-bond donors (Lipinski definition) is 1. The van der Waals surface area contributed by atoms with Gasteiger partial charge < -0.3 is 10.2 Å². The normalized spacial score (nSPS) is 11.1. The Morgan fingerprint density at radius 3 is 2.70 bits per heavy atom. The molecule has 0 aliphatic carbocycles. The first-order chi connectivity index (χ1) is 13.3. The molecular formula is C20H14N6O. The van der Waals surface area contributed by atoms with Gasteiger partial charge in [-0.05, 0) is 36.4 Å². The van der Waals surface area contributed by atoms with Gasteiger partial charge in [0.2, 0.25) is 0 Å². The molecule has 0 saturated carbocycles. The lowest BCUT2D eigenvalue weighted by Gasteiger charge is -2.11. The number of nitrogens with zero attached hydrogens (tertiary/aromatic N) is 5. The van der Waals surface area contributed by atoms with Crippen LogP contribution in [0, 0.1) is 0 Å². The molecule has 0 aliphatic rings. The summed E-state index contributed by atoms with van der Waals surface area (Å²) in [5, 5.41) is 0. The van der Waals surface area contributed by atoms with Crippen molar-refractivity contribution in [2.45, 2.75) is 0 Å². The van der Waals surface area contributed by atoms with E-state index in [4.69, 9.17) is 15.1 Å². The van der Waals surface area contributed by atoms with Crippen molar-refractivity contribution in [3.8, 4) is 28.4 Å². The van der Waals surface area contributed by atoms with Crippen LogP contribution in [0.3, 0.4) is 0 Å². The van der Waals surface area contributed by atoms with E-state index >= 15 is 0 Å². The Bertz CT molecular complexity index is 1240. The van der Waals surface area contributed by atoms with Crippen LogP contribution in [0.1, 0.15) is 0 Å². The Kier molecular flexibility index (Phi) is 3.43. The van der Waals surface area contributed by atoms with Crippen molar-refractivity contribution < 1.29 is 4.42 Å². The zero-order valence-corrected chi connectivity index (χ0v) is 14.1. The number of nitrogen functional groups attached to an aromatic ring is 1. The van der Waals surface area contributed by atoms with Crippen LogP contribution in [0.4, 0.5) is 5.82 Å². The van der Waals surface area contributed by atoms with Gasteiger partial charge in [-0.25, -0.2) is 19.9 Å². The SMILES string of the molecule is Nc1ncccc1-c1nc2cccnc2n1-c1cccc(-c2cnco2)c1. The number of imidazole rings is 1. The predicted octanol–water partition coefficient (Wildman–Crippen LogP) is 3.72. The first-order valence-corrected chi connectivity index (χ1v) is 8.35. The Balaban J connectivity index is 1.79. The number of benzene rings is 1. The predicted molar refractivity (Wildman–Crippen MR) is 102 cm³/mol. The molecule has 0 unspecified atom stereocenters.